The van der Waals surface area contributed by atoms with Crippen molar-refractivity contribution < 1.29 is 0 Å². The monoisotopic (exact) mass is 638 g/mol. The predicted octanol–water partition coefficient (Wildman–Crippen LogP) is 13.3. The van der Waals surface area contributed by atoms with Gasteiger partial charge < -0.3 is 9.47 Å². The molecule has 0 fully saturated rings. The quantitative estimate of drug-likeness (QED) is 0.169. The van der Waals surface area contributed by atoms with Gasteiger partial charge in [0.1, 0.15) is 0 Å². The molecule has 0 unspecified atom stereocenters. The third-order valence-corrected chi connectivity index (χ3v) is 9.59. The number of fused-ring (bicyclic) bond motifs is 3. The predicted molar refractivity (Wildman–Crippen MR) is 212 cm³/mol. The molecule has 2 nitrogen and oxygen atoms in total. The van der Waals surface area contributed by atoms with E-state index in [9.17, 15) is 0 Å². The normalized spacial score (nSPS) is 11.2. The molecule has 1 heterocycles. The van der Waals surface area contributed by atoms with E-state index < -0.39 is 0 Å². The maximum Gasteiger partial charge on any atom is 0.0547 e. The van der Waals surface area contributed by atoms with Crippen LogP contribution in [0, 0.1) is 0 Å². The fourth-order valence-electron chi connectivity index (χ4n) is 7.32. The van der Waals surface area contributed by atoms with Gasteiger partial charge in [-0.25, -0.2) is 0 Å². The molecule has 1 aromatic heterocycles. The van der Waals surface area contributed by atoms with Crippen molar-refractivity contribution >= 4 is 38.9 Å². The van der Waals surface area contributed by atoms with Gasteiger partial charge in [0.05, 0.1) is 16.7 Å². The maximum absolute atomic E-state index is 2.40. The lowest BCUT2D eigenvalue weighted by molar-refractivity contribution is 1.18. The van der Waals surface area contributed by atoms with Gasteiger partial charge in [-0.3, -0.25) is 0 Å². The Morgan fingerprint density at radius 3 is 1.68 bits per heavy atom. The van der Waals surface area contributed by atoms with E-state index in [4.69, 9.17) is 0 Å². The lowest BCUT2D eigenvalue weighted by Gasteiger charge is -2.28. The summed E-state index contributed by atoms with van der Waals surface area (Å²) in [5.41, 5.74) is 14.0. The summed E-state index contributed by atoms with van der Waals surface area (Å²) >= 11 is 0. The van der Waals surface area contributed by atoms with Gasteiger partial charge in [0, 0.05) is 33.4 Å². The van der Waals surface area contributed by atoms with Crippen LogP contribution >= 0.6 is 0 Å². The van der Waals surface area contributed by atoms with Gasteiger partial charge in [-0.2, -0.15) is 0 Å². The molecule has 0 bridgehead atoms. The minimum atomic E-state index is 1.10. The van der Waals surface area contributed by atoms with E-state index in [0.717, 1.165) is 22.7 Å². The summed E-state index contributed by atoms with van der Waals surface area (Å²) in [6, 6.07) is 74.0. The first-order chi connectivity index (χ1) is 24.8. The summed E-state index contributed by atoms with van der Waals surface area (Å²) in [6.45, 7) is 0. The number of rotatable bonds is 7. The van der Waals surface area contributed by atoms with Crippen LogP contribution in [0.4, 0.5) is 17.1 Å². The molecule has 8 aromatic carbocycles. The molecule has 0 aliphatic rings. The number of hydrogen-bond donors (Lipinski definition) is 0. The van der Waals surface area contributed by atoms with Gasteiger partial charge >= 0.3 is 0 Å². The molecule has 0 aliphatic carbocycles. The van der Waals surface area contributed by atoms with E-state index in [1.807, 2.05) is 0 Å². The molecule has 2 heteroatoms. The first-order valence-corrected chi connectivity index (χ1v) is 17.1. The summed E-state index contributed by atoms with van der Waals surface area (Å²) in [4.78, 5) is 2.40. The second-order valence-electron chi connectivity index (χ2n) is 12.6. The first kappa shape index (κ1) is 29.5. The number of aromatic nitrogens is 1. The summed E-state index contributed by atoms with van der Waals surface area (Å²) in [5, 5.41) is 2.50. The molecule has 0 saturated carbocycles. The van der Waals surface area contributed by atoms with E-state index in [1.54, 1.807) is 0 Å². The average molecular weight is 639 g/mol. The van der Waals surface area contributed by atoms with Crippen LogP contribution in [0.3, 0.4) is 0 Å². The third-order valence-electron chi connectivity index (χ3n) is 9.59. The summed E-state index contributed by atoms with van der Waals surface area (Å²) in [7, 11) is 0. The lowest BCUT2D eigenvalue weighted by atomic mass is 9.97. The second-order valence-corrected chi connectivity index (χ2v) is 12.6. The molecule has 0 saturated heterocycles. The molecule has 0 N–H and O–H groups in total. The molecule has 0 spiro atoms. The van der Waals surface area contributed by atoms with Crippen LogP contribution in [0.1, 0.15) is 0 Å². The Hall–Kier alpha value is -6.64. The van der Waals surface area contributed by atoms with Crippen LogP contribution in [0.25, 0.3) is 60.9 Å². The second kappa shape index (κ2) is 12.8. The third kappa shape index (κ3) is 5.24. The standard InChI is InChI=1S/C48H34N2/c1-4-16-35(17-5-1)36-30-32-40(33-31-36)49(45-27-12-10-24-42(45)37-18-6-2-7-19-37)41-23-14-20-38(34-41)43-26-15-29-47-48(43)44-25-11-13-28-46(44)50(47)39-21-8-3-9-22-39/h1-34H. The van der Waals surface area contributed by atoms with Crippen molar-refractivity contribution in [3.8, 4) is 39.1 Å². The van der Waals surface area contributed by atoms with Crippen molar-refractivity contribution in [2.75, 3.05) is 4.90 Å². The first-order valence-electron chi connectivity index (χ1n) is 17.1. The number of benzene rings is 8. The lowest BCUT2D eigenvalue weighted by Crippen LogP contribution is -2.11. The van der Waals surface area contributed by atoms with Crippen molar-refractivity contribution in [3.05, 3.63) is 206 Å². The number of hydrogen-bond acceptors (Lipinski definition) is 1. The van der Waals surface area contributed by atoms with Crippen molar-refractivity contribution in [1.29, 1.82) is 0 Å². The Labute approximate surface area is 292 Å². The number of nitrogens with zero attached hydrogens (tertiary/aromatic N) is 2. The van der Waals surface area contributed by atoms with Crippen molar-refractivity contribution in [1.82, 2.24) is 4.57 Å². The SMILES string of the molecule is c1ccc(-c2ccc(N(c3cccc(-c4cccc5c4c4ccccc4n5-c4ccccc4)c3)c3ccccc3-c3ccccc3)cc2)cc1. The maximum atomic E-state index is 2.40. The fraction of sp³-hybridized carbons (Fsp3) is 0. The topological polar surface area (TPSA) is 8.17 Å². The number of anilines is 3. The molecule has 0 radical (unpaired) electrons. The van der Waals surface area contributed by atoms with Crippen LogP contribution < -0.4 is 4.90 Å². The molecule has 0 aliphatic heterocycles. The summed E-state index contributed by atoms with van der Waals surface area (Å²) in [5.74, 6) is 0. The smallest absolute Gasteiger partial charge is 0.0547 e. The Balaban J connectivity index is 1.24. The highest BCUT2D eigenvalue weighted by molar-refractivity contribution is 6.16. The van der Waals surface area contributed by atoms with Crippen LogP contribution in [-0.2, 0) is 0 Å². The Kier molecular flexibility index (Phi) is 7.53. The van der Waals surface area contributed by atoms with Gasteiger partial charge in [0.25, 0.3) is 0 Å². The van der Waals surface area contributed by atoms with Gasteiger partial charge in [-0.15, -0.1) is 0 Å². The molecule has 9 rings (SSSR count). The van der Waals surface area contributed by atoms with E-state index in [-0.39, 0.29) is 0 Å². The Morgan fingerprint density at radius 2 is 0.900 bits per heavy atom. The average Bonchev–Trinajstić information content (AvgIpc) is 3.54. The zero-order valence-corrected chi connectivity index (χ0v) is 27.5. The van der Waals surface area contributed by atoms with Crippen LogP contribution in [0.15, 0.2) is 206 Å². The van der Waals surface area contributed by atoms with Gasteiger partial charge in [-0.05, 0) is 82.4 Å². The Morgan fingerprint density at radius 1 is 0.340 bits per heavy atom. The van der Waals surface area contributed by atoms with Crippen LogP contribution in [0.2, 0.25) is 0 Å². The van der Waals surface area contributed by atoms with Crippen molar-refractivity contribution in [2.24, 2.45) is 0 Å². The molecular formula is C48H34N2. The van der Waals surface area contributed by atoms with Crippen LogP contribution in [-0.4, -0.2) is 4.57 Å². The minimum absolute atomic E-state index is 1.10. The zero-order valence-electron chi connectivity index (χ0n) is 27.5. The van der Waals surface area contributed by atoms with E-state index in [1.165, 1.54) is 55.2 Å². The highest BCUT2D eigenvalue weighted by Gasteiger charge is 2.20. The van der Waals surface area contributed by atoms with E-state index in [2.05, 4.69) is 216 Å². The van der Waals surface area contributed by atoms with Crippen molar-refractivity contribution in [2.45, 2.75) is 0 Å². The van der Waals surface area contributed by atoms with Gasteiger partial charge in [0.15, 0.2) is 0 Å². The molecule has 9 aromatic rings. The van der Waals surface area contributed by atoms with Gasteiger partial charge in [-0.1, -0.05) is 152 Å². The summed E-state index contributed by atoms with van der Waals surface area (Å²) < 4.78 is 2.38. The molecule has 0 amide bonds. The molecule has 50 heavy (non-hydrogen) atoms. The highest BCUT2D eigenvalue weighted by atomic mass is 15.1. The Bertz CT molecular complexity index is 2570. The molecular weight excluding hydrogens is 605 g/mol. The molecule has 236 valence electrons. The largest absolute Gasteiger partial charge is 0.310 e. The van der Waals surface area contributed by atoms with Crippen LogP contribution in [0.5, 0.6) is 0 Å². The highest BCUT2D eigenvalue weighted by Crippen LogP contribution is 2.44. The van der Waals surface area contributed by atoms with Crippen molar-refractivity contribution in [3.63, 3.8) is 0 Å². The summed E-state index contributed by atoms with van der Waals surface area (Å²) in [6.07, 6.45) is 0. The zero-order chi connectivity index (χ0) is 33.3. The van der Waals surface area contributed by atoms with E-state index >= 15 is 0 Å². The number of para-hydroxylation sites is 3. The molecule has 0 atom stereocenters. The minimum Gasteiger partial charge on any atom is -0.310 e. The van der Waals surface area contributed by atoms with Gasteiger partial charge in [0.2, 0.25) is 0 Å². The van der Waals surface area contributed by atoms with E-state index in [0.29, 0.717) is 0 Å². The fourth-order valence-corrected chi connectivity index (χ4v) is 7.32.